The summed E-state index contributed by atoms with van der Waals surface area (Å²) in [6.45, 7) is 2.62. The third kappa shape index (κ3) is 6.09. The molecule has 0 atom stereocenters. The Labute approximate surface area is 182 Å². The Balaban J connectivity index is 1.58. The number of likely N-dealkylation sites (N-methyl/N-ethyl adjacent to an activating group) is 1. The van der Waals surface area contributed by atoms with Crippen LogP contribution in [-0.4, -0.2) is 36.9 Å². The number of rotatable bonds is 9. The van der Waals surface area contributed by atoms with E-state index < -0.39 is 0 Å². The predicted molar refractivity (Wildman–Crippen MR) is 120 cm³/mol. The highest BCUT2D eigenvalue weighted by Crippen LogP contribution is 2.23. The number of ether oxygens (including phenoxy) is 2. The summed E-state index contributed by atoms with van der Waals surface area (Å²) >= 11 is 0. The van der Waals surface area contributed by atoms with Gasteiger partial charge in [0.1, 0.15) is 24.7 Å². The average Bonchev–Trinajstić information content (AvgIpc) is 2.82. The number of hydrogen-bond donors (Lipinski definition) is 1. The summed E-state index contributed by atoms with van der Waals surface area (Å²) in [5.74, 6) is 0.875. The molecule has 3 aromatic rings. The predicted octanol–water partition coefficient (Wildman–Crippen LogP) is 4.38. The Morgan fingerprint density at radius 2 is 1.58 bits per heavy atom. The number of amides is 2. The molecule has 3 rings (SSSR count). The van der Waals surface area contributed by atoms with E-state index in [1.807, 2.05) is 61.5 Å². The van der Waals surface area contributed by atoms with Crippen molar-refractivity contribution >= 4 is 17.5 Å². The van der Waals surface area contributed by atoms with Crippen molar-refractivity contribution in [2.24, 2.45) is 0 Å². The van der Waals surface area contributed by atoms with Gasteiger partial charge in [0.25, 0.3) is 5.91 Å². The van der Waals surface area contributed by atoms with E-state index in [-0.39, 0.29) is 18.4 Å². The van der Waals surface area contributed by atoms with Crippen molar-refractivity contribution in [1.82, 2.24) is 4.90 Å². The summed E-state index contributed by atoms with van der Waals surface area (Å²) in [5, 5.41) is 2.80. The van der Waals surface area contributed by atoms with Gasteiger partial charge in [-0.3, -0.25) is 9.59 Å². The smallest absolute Gasteiger partial charge is 0.254 e. The Morgan fingerprint density at radius 3 is 2.26 bits per heavy atom. The molecule has 2 amide bonds. The highest BCUT2D eigenvalue weighted by molar-refractivity contribution is 5.99. The van der Waals surface area contributed by atoms with Crippen LogP contribution in [0.3, 0.4) is 0 Å². The van der Waals surface area contributed by atoms with E-state index in [9.17, 15) is 9.59 Å². The minimum atomic E-state index is -0.285. The summed E-state index contributed by atoms with van der Waals surface area (Å²) < 4.78 is 11.0. The van der Waals surface area contributed by atoms with Crippen molar-refractivity contribution in [2.45, 2.75) is 13.5 Å². The van der Waals surface area contributed by atoms with Gasteiger partial charge >= 0.3 is 0 Å². The fourth-order valence-electron chi connectivity index (χ4n) is 3.05. The van der Waals surface area contributed by atoms with Crippen molar-refractivity contribution < 1.29 is 19.1 Å². The van der Waals surface area contributed by atoms with Gasteiger partial charge in [0, 0.05) is 12.1 Å². The van der Waals surface area contributed by atoms with E-state index in [0.717, 1.165) is 11.3 Å². The Hall–Kier alpha value is -3.80. The second-order valence-corrected chi connectivity index (χ2v) is 6.87. The van der Waals surface area contributed by atoms with Crippen LogP contribution in [0.2, 0.25) is 0 Å². The number of hydrogen-bond acceptors (Lipinski definition) is 4. The number of benzene rings is 3. The van der Waals surface area contributed by atoms with E-state index in [1.54, 1.807) is 31.4 Å². The van der Waals surface area contributed by atoms with Crippen LogP contribution in [0.5, 0.6) is 11.5 Å². The monoisotopic (exact) mass is 418 g/mol. The average molecular weight is 418 g/mol. The quantitative estimate of drug-likeness (QED) is 0.560. The Morgan fingerprint density at radius 1 is 0.903 bits per heavy atom. The number of carbonyl (C=O) groups is 2. The van der Waals surface area contributed by atoms with E-state index in [0.29, 0.717) is 30.2 Å². The highest BCUT2D eigenvalue weighted by Gasteiger charge is 2.18. The zero-order chi connectivity index (χ0) is 22.1. The van der Waals surface area contributed by atoms with Gasteiger partial charge in [-0.1, -0.05) is 42.5 Å². The Kier molecular flexibility index (Phi) is 7.65. The Bertz CT molecular complexity index is 1000. The van der Waals surface area contributed by atoms with Gasteiger partial charge in [-0.05, 0) is 48.9 Å². The van der Waals surface area contributed by atoms with Gasteiger partial charge in [-0.2, -0.15) is 0 Å². The molecule has 0 aliphatic carbocycles. The lowest BCUT2D eigenvalue weighted by atomic mass is 10.1. The van der Waals surface area contributed by atoms with Crippen LogP contribution in [0.4, 0.5) is 5.69 Å². The SMILES string of the molecule is CCN(CC(=O)Nc1ccccc1OC)C(=O)c1ccc(COc2ccccc2)cc1. The van der Waals surface area contributed by atoms with Crippen molar-refractivity contribution in [3.8, 4) is 11.5 Å². The lowest BCUT2D eigenvalue weighted by Gasteiger charge is -2.21. The molecule has 0 bridgehead atoms. The number of anilines is 1. The van der Waals surface area contributed by atoms with Gasteiger partial charge in [0.05, 0.1) is 12.8 Å². The van der Waals surface area contributed by atoms with Crippen LogP contribution < -0.4 is 14.8 Å². The molecule has 0 saturated carbocycles. The van der Waals surface area contributed by atoms with Crippen molar-refractivity contribution in [1.29, 1.82) is 0 Å². The minimum absolute atomic E-state index is 0.0494. The van der Waals surface area contributed by atoms with E-state index in [1.165, 1.54) is 4.90 Å². The van der Waals surface area contributed by atoms with Crippen LogP contribution in [-0.2, 0) is 11.4 Å². The van der Waals surface area contributed by atoms with Crippen LogP contribution in [0.15, 0.2) is 78.9 Å². The summed E-state index contributed by atoms with van der Waals surface area (Å²) in [6, 6.07) is 23.9. The molecule has 160 valence electrons. The second-order valence-electron chi connectivity index (χ2n) is 6.87. The lowest BCUT2D eigenvalue weighted by Crippen LogP contribution is -2.37. The first-order valence-corrected chi connectivity index (χ1v) is 10.1. The van der Waals surface area contributed by atoms with Crippen LogP contribution in [0.1, 0.15) is 22.8 Å². The number of methoxy groups -OCH3 is 1. The molecular weight excluding hydrogens is 392 g/mol. The van der Waals surface area contributed by atoms with Gasteiger partial charge in [-0.15, -0.1) is 0 Å². The molecule has 31 heavy (non-hydrogen) atoms. The van der Waals surface area contributed by atoms with Gasteiger partial charge in [-0.25, -0.2) is 0 Å². The molecule has 0 aliphatic rings. The highest BCUT2D eigenvalue weighted by atomic mass is 16.5. The van der Waals surface area contributed by atoms with Crippen molar-refractivity contribution in [3.63, 3.8) is 0 Å². The molecule has 6 heteroatoms. The molecule has 0 saturated heterocycles. The molecule has 0 unspecified atom stereocenters. The first kappa shape index (κ1) is 21.9. The maximum Gasteiger partial charge on any atom is 0.254 e. The molecule has 0 aromatic heterocycles. The summed E-state index contributed by atoms with van der Waals surface area (Å²) in [7, 11) is 1.54. The number of nitrogens with zero attached hydrogens (tertiary/aromatic N) is 1. The fraction of sp³-hybridized carbons (Fsp3) is 0.200. The third-order valence-electron chi connectivity index (χ3n) is 4.73. The standard InChI is InChI=1S/C25H26N2O4/c1-3-27(17-24(28)26-22-11-7-8-12-23(22)30-2)25(29)20-15-13-19(14-16-20)18-31-21-9-5-4-6-10-21/h4-16H,3,17-18H2,1-2H3,(H,26,28). The molecule has 0 heterocycles. The maximum atomic E-state index is 12.9. The number of carbonyl (C=O) groups excluding carboxylic acids is 2. The fourth-order valence-corrected chi connectivity index (χ4v) is 3.05. The van der Waals surface area contributed by atoms with Gasteiger partial charge in [0.15, 0.2) is 0 Å². The normalized spacial score (nSPS) is 10.3. The molecule has 1 N–H and O–H groups in total. The molecule has 0 fully saturated rings. The summed E-state index contributed by atoms with van der Waals surface area (Å²) in [4.78, 5) is 26.9. The zero-order valence-electron chi connectivity index (χ0n) is 17.7. The molecular formula is C25H26N2O4. The van der Waals surface area contributed by atoms with Crippen LogP contribution >= 0.6 is 0 Å². The summed E-state index contributed by atoms with van der Waals surface area (Å²) in [6.07, 6.45) is 0. The second kappa shape index (κ2) is 10.8. The zero-order valence-corrected chi connectivity index (χ0v) is 17.7. The van der Waals surface area contributed by atoms with E-state index in [4.69, 9.17) is 9.47 Å². The lowest BCUT2D eigenvalue weighted by molar-refractivity contribution is -0.116. The van der Waals surface area contributed by atoms with E-state index in [2.05, 4.69) is 5.32 Å². The first-order chi connectivity index (χ1) is 15.1. The van der Waals surface area contributed by atoms with Gasteiger partial charge < -0.3 is 19.7 Å². The van der Waals surface area contributed by atoms with Crippen LogP contribution in [0, 0.1) is 0 Å². The van der Waals surface area contributed by atoms with E-state index >= 15 is 0 Å². The number of nitrogens with one attached hydrogen (secondary N) is 1. The summed E-state index contributed by atoms with van der Waals surface area (Å²) in [5.41, 5.74) is 2.05. The molecule has 3 aromatic carbocycles. The third-order valence-corrected chi connectivity index (χ3v) is 4.73. The maximum absolute atomic E-state index is 12.9. The van der Waals surface area contributed by atoms with Gasteiger partial charge in [0.2, 0.25) is 5.91 Å². The molecule has 0 aliphatic heterocycles. The number of para-hydroxylation sites is 3. The molecule has 6 nitrogen and oxygen atoms in total. The first-order valence-electron chi connectivity index (χ1n) is 10.1. The van der Waals surface area contributed by atoms with Crippen molar-refractivity contribution in [3.05, 3.63) is 90.0 Å². The topological polar surface area (TPSA) is 67.9 Å². The minimum Gasteiger partial charge on any atom is -0.495 e. The van der Waals surface area contributed by atoms with Crippen molar-refractivity contribution in [2.75, 3.05) is 25.5 Å². The largest absolute Gasteiger partial charge is 0.495 e. The molecule has 0 spiro atoms. The van der Waals surface area contributed by atoms with Crippen LogP contribution in [0.25, 0.3) is 0 Å². The molecule has 0 radical (unpaired) electrons.